The molecule has 308 valence electrons. The van der Waals surface area contributed by atoms with Crippen LogP contribution >= 0.6 is 0 Å². The van der Waals surface area contributed by atoms with E-state index < -0.39 is 0 Å². The average molecular weight is 833 g/mol. The van der Waals surface area contributed by atoms with Gasteiger partial charge in [-0.15, -0.1) is 0 Å². The smallest absolute Gasteiger partial charge is 0.161 e. The van der Waals surface area contributed by atoms with Gasteiger partial charge in [-0.3, -0.25) is 4.57 Å². The van der Waals surface area contributed by atoms with Crippen LogP contribution in [-0.2, 0) is 0 Å². The van der Waals surface area contributed by atoms with Crippen LogP contribution in [0.2, 0.25) is 0 Å². The molecule has 0 radical (unpaired) electrons. The molecule has 0 amide bonds. The quantitative estimate of drug-likeness (QED) is 0.160. The number of hydrogen-bond acceptors (Lipinski definition) is 2. The normalized spacial score (nSPS) is 16.0. The third kappa shape index (κ3) is 6.70. The van der Waals surface area contributed by atoms with Gasteiger partial charge in [0.2, 0.25) is 0 Å². The van der Waals surface area contributed by atoms with E-state index in [1.165, 1.54) is 66.0 Å². The number of benzene rings is 9. The Hall–Kier alpha value is -8.34. The Bertz CT molecular complexity index is 3680. The number of amidine groups is 1. The lowest BCUT2D eigenvalue weighted by atomic mass is 9.98. The molecule has 0 atom stereocenters. The van der Waals surface area contributed by atoms with E-state index in [4.69, 9.17) is 9.98 Å². The fourth-order valence-electron chi connectivity index (χ4n) is 9.93. The van der Waals surface area contributed by atoms with Crippen molar-refractivity contribution in [3.63, 3.8) is 0 Å². The Morgan fingerprint density at radius 1 is 0.354 bits per heavy atom. The van der Waals surface area contributed by atoms with Crippen molar-refractivity contribution < 1.29 is 0 Å². The van der Waals surface area contributed by atoms with Crippen molar-refractivity contribution >= 4 is 61.0 Å². The van der Waals surface area contributed by atoms with Gasteiger partial charge < -0.3 is 4.57 Å². The summed E-state index contributed by atoms with van der Waals surface area (Å²) in [5.41, 5.74) is 17.1. The van der Waals surface area contributed by atoms with Crippen molar-refractivity contribution in [2.24, 2.45) is 9.98 Å². The highest BCUT2D eigenvalue weighted by molar-refractivity contribution is 6.30. The van der Waals surface area contributed by atoms with Crippen molar-refractivity contribution in [3.05, 3.63) is 241 Å². The highest BCUT2D eigenvalue weighted by Gasteiger charge is 2.24. The number of aromatic nitrogens is 2. The molecule has 0 saturated heterocycles. The van der Waals surface area contributed by atoms with Gasteiger partial charge in [-0.25, -0.2) is 9.98 Å². The van der Waals surface area contributed by atoms with Crippen LogP contribution < -0.4 is 0 Å². The van der Waals surface area contributed by atoms with E-state index in [0.717, 1.165) is 57.7 Å². The molecule has 11 aromatic rings. The van der Waals surface area contributed by atoms with Crippen molar-refractivity contribution in [3.8, 4) is 39.1 Å². The van der Waals surface area contributed by atoms with Crippen molar-refractivity contribution in [2.45, 2.75) is 19.8 Å². The molecule has 0 spiro atoms. The maximum Gasteiger partial charge on any atom is 0.161 e. The van der Waals surface area contributed by atoms with Crippen LogP contribution in [0.25, 0.3) is 88.4 Å². The van der Waals surface area contributed by atoms with Gasteiger partial charge in [0.15, 0.2) is 5.84 Å². The summed E-state index contributed by atoms with van der Waals surface area (Å²) in [5.74, 6) is 1.68. The molecule has 0 unspecified atom stereocenters. The first kappa shape index (κ1) is 38.3. The van der Waals surface area contributed by atoms with Crippen LogP contribution in [0.15, 0.2) is 240 Å². The van der Waals surface area contributed by atoms with Gasteiger partial charge in [-0.2, -0.15) is 0 Å². The summed E-state index contributed by atoms with van der Waals surface area (Å²) >= 11 is 0. The Labute approximate surface area is 378 Å². The van der Waals surface area contributed by atoms with Gasteiger partial charge >= 0.3 is 0 Å². The van der Waals surface area contributed by atoms with Crippen LogP contribution in [0.4, 0.5) is 0 Å². The largest absolute Gasteiger partial charge is 0.309 e. The summed E-state index contributed by atoms with van der Waals surface area (Å²) in [6, 6.07) is 80.6. The van der Waals surface area contributed by atoms with Crippen LogP contribution in [-0.4, -0.2) is 20.8 Å². The van der Waals surface area contributed by atoms with Crippen molar-refractivity contribution in [1.29, 1.82) is 0 Å². The first-order chi connectivity index (χ1) is 32.2. The van der Waals surface area contributed by atoms with Gasteiger partial charge in [-0.05, 0) is 83.1 Å². The van der Waals surface area contributed by atoms with Crippen LogP contribution in [0, 0.1) is 0 Å². The number of nitrogens with zero attached hydrogens (tertiary/aromatic N) is 4. The molecule has 3 heterocycles. The lowest BCUT2D eigenvalue weighted by Crippen LogP contribution is -2.17. The molecule has 65 heavy (non-hydrogen) atoms. The van der Waals surface area contributed by atoms with E-state index in [0.29, 0.717) is 5.84 Å². The maximum absolute atomic E-state index is 5.61. The van der Waals surface area contributed by atoms with Crippen molar-refractivity contribution in [1.82, 2.24) is 9.13 Å². The number of hydrogen-bond donors (Lipinski definition) is 0. The maximum atomic E-state index is 5.61. The predicted octanol–water partition coefficient (Wildman–Crippen LogP) is 15.8. The Morgan fingerprint density at radius 3 is 1.48 bits per heavy atom. The second-order valence-electron chi connectivity index (χ2n) is 16.9. The molecule has 9 aromatic carbocycles. The van der Waals surface area contributed by atoms with Crippen LogP contribution in [0.5, 0.6) is 0 Å². The monoisotopic (exact) mass is 832 g/mol. The van der Waals surface area contributed by atoms with Gasteiger partial charge in [0.05, 0.1) is 33.5 Å². The number of allylic oxidation sites excluding steroid dienone is 1. The minimum Gasteiger partial charge on any atom is -0.309 e. The summed E-state index contributed by atoms with van der Waals surface area (Å²) < 4.78 is 4.90. The number of rotatable bonds is 6. The minimum atomic E-state index is 0.704. The third-order valence-electron chi connectivity index (χ3n) is 13.0. The average Bonchev–Trinajstić information content (AvgIpc) is 3.89. The van der Waals surface area contributed by atoms with Gasteiger partial charge in [-0.1, -0.05) is 188 Å². The molecule has 4 nitrogen and oxygen atoms in total. The van der Waals surface area contributed by atoms with Crippen molar-refractivity contribution in [2.75, 3.05) is 0 Å². The van der Waals surface area contributed by atoms with E-state index in [1.54, 1.807) is 0 Å². The van der Waals surface area contributed by atoms with E-state index >= 15 is 0 Å². The van der Waals surface area contributed by atoms with Crippen LogP contribution in [0.1, 0.15) is 30.9 Å². The van der Waals surface area contributed by atoms with Gasteiger partial charge in [0, 0.05) is 44.7 Å². The molecule has 1 aliphatic heterocycles. The Kier molecular flexibility index (Phi) is 9.49. The molecule has 4 heteroatoms. The Balaban J connectivity index is 1.09. The number of aliphatic imine (C=N–C) groups is 2. The summed E-state index contributed by atoms with van der Waals surface area (Å²) in [7, 11) is 0. The second-order valence-corrected chi connectivity index (χ2v) is 16.9. The Morgan fingerprint density at radius 2 is 0.846 bits per heavy atom. The van der Waals surface area contributed by atoms with Gasteiger partial charge in [0.25, 0.3) is 0 Å². The number of para-hydroxylation sites is 2. The molecule has 0 saturated carbocycles. The van der Waals surface area contributed by atoms with Gasteiger partial charge in [0.1, 0.15) is 5.84 Å². The second kappa shape index (κ2) is 16.1. The highest BCUT2D eigenvalue weighted by atomic mass is 15.1. The molecule has 0 aliphatic carbocycles. The predicted molar refractivity (Wildman–Crippen MR) is 274 cm³/mol. The van der Waals surface area contributed by atoms with E-state index in [1.807, 2.05) is 0 Å². The zero-order chi connectivity index (χ0) is 43.3. The summed E-state index contributed by atoms with van der Waals surface area (Å²) in [6.45, 7) is 2.24. The first-order valence-corrected chi connectivity index (χ1v) is 22.5. The molecular weight excluding hydrogens is 789 g/mol. The SMILES string of the molecule is C\C1=C(c2cccc(-c3ccccc3)c2)/N=C(c2ccccc2)\N=C(\n2c3ccccc3c3c4c5ccccc5n(-c5cc(-c6ccccc6)ccc5-c5ccccc5)c4ccc32)CC1. The van der Waals surface area contributed by atoms with E-state index in [9.17, 15) is 0 Å². The zero-order valence-electron chi connectivity index (χ0n) is 36.1. The summed E-state index contributed by atoms with van der Waals surface area (Å²) in [6.07, 6.45) is 1.55. The molecule has 1 aliphatic rings. The topological polar surface area (TPSA) is 34.6 Å². The zero-order valence-corrected chi connectivity index (χ0v) is 36.1. The molecule has 0 N–H and O–H groups in total. The summed E-state index contributed by atoms with van der Waals surface area (Å²) in [4.78, 5) is 11.1. The standard InChI is InChI=1S/C61H44N4/c1-41-33-38-57(62-61(45-25-12-5-13-26-45)63-60(41)48-28-18-27-46(39-48)42-19-6-2-7-20-42)65-53-32-17-15-30-51(53)59-55(65)37-36-54-58(59)50-29-14-16-31-52(50)64(54)56-40-47(43-21-8-3-9-22-43)34-35-49(56)44-23-10-4-11-24-44/h2-32,34-37,39-40H,33,38H2,1H3/b60-41+,62-57+,63-61-. The summed E-state index contributed by atoms with van der Waals surface area (Å²) in [5, 5.41) is 4.87. The molecule has 12 rings (SSSR count). The third-order valence-corrected chi connectivity index (χ3v) is 13.0. The molecule has 0 bridgehead atoms. The fourth-order valence-corrected chi connectivity index (χ4v) is 9.93. The van der Waals surface area contributed by atoms with Crippen LogP contribution in [0.3, 0.4) is 0 Å². The lowest BCUT2D eigenvalue weighted by molar-refractivity contribution is 0.970. The molecule has 0 fully saturated rings. The fraction of sp³-hybridized carbons (Fsp3) is 0.0492. The van der Waals surface area contributed by atoms with E-state index in [2.05, 4.69) is 241 Å². The minimum absolute atomic E-state index is 0.704. The van der Waals surface area contributed by atoms with E-state index in [-0.39, 0.29) is 0 Å². The number of fused-ring (bicyclic) bond motifs is 7. The molecule has 2 aromatic heterocycles. The first-order valence-electron chi connectivity index (χ1n) is 22.5. The molecular formula is C61H44N4. The highest BCUT2D eigenvalue weighted by Crippen LogP contribution is 2.44. The lowest BCUT2D eigenvalue weighted by Gasteiger charge is -2.18.